The molecule has 2 aliphatic carbocycles. The Balaban J connectivity index is 1.64. The summed E-state index contributed by atoms with van der Waals surface area (Å²) in [7, 11) is -0.295. The Morgan fingerprint density at radius 3 is 2.39 bits per heavy atom. The highest BCUT2D eigenvalue weighted by Gasteiger charge is 2.60. The van der Waals surface area contributed by atoms with Gasteiger partial charge in [0.1, 0.15) is 5.25 Å². The maximum atomic E-state index is 13.0. The highest BCUT2D eigenvalue weighted by atomic mass is 32.2. The lowest BCUT2D eigenvalue weighted by molar-refractivity contribution is -0.143. The molecule has 2 saturated carbocycles. The lowest BCUT2D eigenvalue weighted by atomic mass is 9.92. The van der Waals surface area contributed by atoms with Crippen molar-refractivity contribution in [1.29, 1.82) is 0 Å². The van der Waals surface area contributed by atoms with E-state index >= 15 is 0 Å². The van der Waals surface area contributed by atoms with Crippen LogP contribution in [-0.4, -0.2) is 57.4 Å². The van der Waals surface area contributed by atoms with Crippen LogP contribution in [-0.2, 0) is 24.3 Å². The van der Waals surface area contributed by atoms with Gasteiger partial charge < -0.3 is 9.47 Å². The Morgan fingerprint density at radius 2 is 1.78 bits per heavy atom. The van der Waals surface area contributed by atoms with E-state index in [9.17, 15) is 13.2 Å². The van der Waals surface area contributed by atoms with Crippen molar-refractivity contribution in [3.05, 3.63) is 0 Å². The van der Waals surface area contributed by atoms with Gasteiger partial charge in [-0.2, -0.15) is 0 Å². The molecule has 1 aliphatic heterocycles. The highest BCUT2D eigenvalue weighted by molar-refractivity contribution is 7.89. The zero-order chi connectivity index (χ0) is 16.7. The number of ether oxygens (including phenoxy) is 2. The van der Waals surface area contributed by atoms with Gasteiger partial charge in [0, 0.05) is 20.2 Å². The van der Waals surface area contributed by atoms with E-state index < -0.39 is 15.3 Å². The first-order valence-corrected chi connectivity index (χ1v) is 10.0. The molecule has 0 radical (unpaired) electrons. The van der Waals surface area contributed by atoms with E-state index in [-0.39, 0.29) is 23.4 Å². The van der Waals surface area contributed by atoms with Crippen molar-refractivity contribution in [3.8, 4) is 0 Å². The number of piperidine rings is 1. The predicted molar refractivity (Wildman–Crippen MR) is 85.3 cm³/mol. The summed E-state index contributed by atoms with van der Waals surface area (Å²) in [4.78, 5) is 11.7. The zero-order valence-corrected chi connectivity index (χ0v) is 14.8. The average Bonchev–Trinajstić information content (AvgIpc) is 3.27. The number of esters is 1. The molecule has 0 N–H and O–H groups in total. The van der Waals surface area contributed by atoms with Crippen molar-refractivity contribution in [2.24, 2.45) is 11.3 Å². The first-order chi connectivity index (χ1) is 10.9. The van der Waals surface area contributed by atoms with Gasteiger partial charge in [-0.3, -0.25) is 4.79 Å². The van der Waals surface area contributed by atoms with Gasteiger partial charge in [0.25, 0.3) is 0 Å². The molecule has 1 spiro atoms. The van der Waals surface area contributed by atoms with Crippen LogP contribution in [0.15, 0.2) is 0 Å². The largest absolute Gasteiger partial charge is 0.469 e. The van der Waals surface area contributed by atoms with E-state index in [0.717, 1.165) is 38.5 Å². The molecule has 3 atom stereocenters. The van der Waals surface area contributed by atoms with Crippen LogP contribution in [0.2, 0.25) is 0 Å². The molecule has 3 unspecified atom stereocenters. The summed E-state index contributed by atoms with van der Waals surface area (Å²) in [5.74, 6) is -0.174. The molecule has 3 rings (SSSR count). The molecule has 0 amide bonds. The van der Waals surface area contributed by atoms with Crippen LogP contribution in [0, 0.1) is 11.3 Å². The lowest BCUT2D eigenvalue weighted by Gasteiger charge is -2.37. The number of hydrogen-bond acceptors (Lipinski definition) is 5. The fourth-order valence-electron chi connectivity index (χ4n) is 4.43. The maximum absolute atomic E-state index is 13.0. The zero-order valence-electron chi connectivity index (χ0n) is 14.0. The monoisotopic (exact) mass is 345 g/mol. The SMILES string of the molecule is COC(=O)C1CC12CCN(S(=O)(=O)C1CCCCC1OC)CC2. The van der Waals surface area contributed by atoms with E-state index in [1.807, 2.05) is 0 Å². The molecule has 0 aromatic heterocycles. The predicted octanol–water partition coefficient (Wildman–Crippen LogP) is 1.55. The number of sulfonamides is 1. The third-order valence-electron chi connectivity index (χ3n) is 6.08. The molecular weight excluding hydrogens is 318 g/mol. The van der Waals surface area contributed by atoms with Crippen molar-refractivity contribution in [2.45, 2.75) is 56.3 Å². The van der Waals surface area contributed by atoms with Crippen LogP contribution in [0.4, 0.5) is 0 Å². The fourth-order valence-corrected chi connectivity index (χ4v) is 6.60. The molecule has 0 aromatic carbocycles. The molecule has 1 saturated heterocycles. The highest BCUT2D eigenvalue weighted by Crippen LogP contribution is 2.60. The molecule has 3 fully saturated rings. The number of methoxy groups -OCH3 is 2. The Hall–Kier alpha value is -0.660. The van der Waals surface area contributed by atoms with Gasteiger partial charge in [-0.15, -0.1) is 0 Å². The molecule has 3 aliphatic rings. The number of rotatable bonds is 4. The summed E-state index contributed by atoms with van der Waals surface area (Å²) in [5, 5.41) is -0.411. The van der Waals surface area contributed by atoms with Crippen molar-refractivity contribution in [2.75, 3.05) is 27.3 Å². The topological polar surface area (TPSA) is 72.9 Å². The summed E-state index contributed by atoms with van der Waals surface area (Å²) >= 11 is 0. The van der Waals surface area contributed by atoms with Gasteiger partial charge in [0.2, 0.25) is 10.0 Å². The summed E-state index contributed by atoms with van der Waals surface area (Å²) < 4.78 is 37.8. The van der Waals surface area contributed by atoms with Crippen LogP contribution in [0.3, 0.4) is 0 Å². The normalized spacial score (nSPS) is 34.3. The Labute approximate surface area is 138 Å². The summed E-state index contributed by atoms with van der Waals surface area (Å²) in [6, 6.07) is 0. The first kappa shape index (κ1) is 17.2. The second-order valence-corrected chi connectivity index (χ2v) is 9.34. The minimum Gasteiger partial charge on any atom is -0.469 e. The first-order valence-electron chi connectivity index (χ1n) is 8.54. The summed E-state index contributed by atoms with van der Waals surface area (Å²) in [6.07, 6.45) is 5.68. The number of carbonyl (C=O) groups excluding carboxylic acids is 1. The van der Waals surface area contributed by atoms with Crippen LogP contribution in [0.1, 0.15) is 44.9 Å². The molecule has 132 valence electrons. The number of hydrogen-bond donors (Lipinski definition) is 0. The maximum Gasteiger partial charge on any atom is 0.309 e. The second kappa shape index (κ2) is 6.33. The second-order valence-electron chi connectivity index (χ2n) is 7.18. The quantitative estimate of drug-likeness (QED) is 0.723. The van der Waals surface area contributed by atoms with Crippen molar-refractivity contribution >= 4 is 16.0 Å². The van der Waals surface area contributed by atoms with Crippen LogP contribution in [0.25, 0.3) is 0 Å². The average molecular weight is 345 g/mol. The standard InChI is InChI=1S/C16H27NO5S/c1-21-13-5-3-4-6-14(13)23(19,20)17-9-7-16(8-10-17)11-12(16)15(18)22-2/h12-14H,3-11H2,1-2H3. The Bertz CT molecular complexity index is 553. The van der Waals surface area contributed by atoms with Crippen molar-refractivity contribution in [1.82, 2.24) is 4.31 Å². The molecule has 0 bridgehead atoms. The van der Waals surface area contributed by atoms with Gasteiger partial charge in [-0.25, -0.2) is 12.7 Å². The Morgan fingerprint density at radius 1 is 1.13 bits per heavy atom. The van der Waals surface area contributed by atoms with E-state index in [1.165, 1.54) is 7.11 Å². The molecule has 1 heterocycles. The summed E-state index contributed by atoms with van der Waals surface area (Å²) in [6.45, 7) is 1.03. The molecular formula is C16H27NO5S. The van der Waals surface area contributed by atoms with Gasteiger partial charge >= 0.3 is 5.97 Å². The van der Waals surface area contributed by atoms with Gasteiger partial charge in [-0.05, 0) is 37.5 Å². The van der Waals surface area contributed by atoms with E-state index in [4.69, 9.17) is 9.47 Å². The lowest BCUT2D eigenvalue weighted by Crippen LogP contribution is -2.49. The molecule has 6 nitrogen and oxygen atoms in total. The summed E-state index contributed by atoms with van der Waals surface area (Å²) in [5.41, 5.74) is -0.00760. The minimum atomic E-state index is -3.32. The van der Waals surface area contributed by atoms with Crippen LogP contribution >= 0.6 is 0 Å². The number of carbonyl (C=O) groups is 1. The minimum absolute atomic E-state index is 0.00760. The van der Waals surface area contributed by atoms with Gasteiger partial charge in [-0.1, -0.05) is 12.8 Å². The molecule has 23 heavy (non-hydrogen) atoms. The van der Waals surface area contributed by atoms with E-state index in [1.54, 1.807) is 11.4 Å². The molecule has 0 aromatic rings. The van der Waals surface area contributed by atoms with Crippen molar-refractivity contribution < 1.29 is 22.7 Å². The molecule has 7 heteroatoms. The van der Waals surface area contributed by atoms with Crippen molar-refractivity contribution in [3.63, 3.8) is 0 Å². The van der Waals surface area contributed by atoms with E-state index in [0.29, 0.717) is 19.5 Å². The van der Waals surface area contributed by atoms with Crippen LogP contribution < -0.4 is 0 Å². The smallest absolute Gasteiger partial charge is 0.309 e. The van der Waals surface area contributed by atoms with Gasteiger partial charge in [0.15, 0.2) is 0 Å². The van der Waals surface area contributed by atoms with Crippen LogP contribution in [0.5, 0.6) is 0 Å². The van der Waals surface area contributed by atoms with E-state index in [2.05, 4.69) is 0 Å². The number of nitrogens with zero attached hydrogens (tertiary/aromatic N) is 1. The van der Waals surface area contributed by atoms with Gasteiger partial charge in [0.05, 0.1) is 19.1 Å². The Kier molecular flexibility index (Phi) is 4.73. The third kappa shape index (κ3) is 3.03. The fraction of sp³-hybridized carbons (Fsp3) is 0.938. The third-order valence-corrected chi connectivity index (χ3v) is 8.47.